The molecule has 0 bridgehead atoms. The van der Waals surface area contributed by atoms with Crippen molar-refractivity contribution in [3.05, 3.63) is 12.2 Å². The van der Waals surface area contributed by atoms with E-state index in [0.717, 1.165) is 0 Å². The standard InChI is InChI=1S/C7H7FO3/c8-7-2-1-4(7)5(3-9)11-6(7)10/h1-2,4-5,9H,3H2/t4-,5+,7+/m0/s1. The van der Waals surface area contributed by atoms with Crippen LogP contribution in [0.3, 0.4) is 0 Å². The first-order valence-corrected chi connectivity index (χ1v) is 3.38. The van der Waals surface area contributed by atoms with E-state index >= 15 is 0 Å². The Bertz CT molecular complexity index is 238. The average Bonchev–Trinajstić information content (AvgIpc) is 2.12. The third-order valence-electron chi connectivity index (χ3n) is 2.18. The molecule has 1 aliphatic heterocycles. The predicted molar refractivity (Wildman–Crippen MR) is 33.4 cm³/mol. The number of alkyl halides is 1. The summed E-state index contributed by atoms with van der Waals surface area (Å²) in [6.07, 6.45) is 2.04. The zero-order valence-electron chi connectivity index (χ0n) is 5.66. The van der Waals surface area contributed by atoms with Crippen LogP contribution < -0.4 is 0 Å². The fourth-order valence-corrected chi connectivity index (χ4v) is 1.43. The van der Waals surface area contributed by atoms with E-state index in [4.69, 9.17) is 5.11 Å². The number of rotatable bonds is 1. The molecule has 2 rings (SSSR count). The molecule has 0 amide bonds. The van der Waals surface area contributed by atoms with Crippen LogP contribution in [0, 0.1) is 5.92 Å². The fraction of sp³-hybridized carbons (Fsp3) is 0.571. The molecule has 1 N–H and O–H groups in total. The van der Waals surface area contributed by atoms with Crippen LogP contribution >= 0.6 is 0 Å². The van der Waals surface area contributed by atoms with Crippen molar-refractivity contribution in [3.63, 3.8) is 0 Å². The molecule has 0 radical (unpaired) electrons. The van der Waals surface area contributed by atoms with Crippen LogP contribution in [0.15, 0.2) is 12.2 Å². The summed E-state index contributed by atoms with van der Waals surface area (Å²) < 4.78 is 17.8. The Balaban J connectivity index is 2.28. The molecule has 1 heterocycles. The van der Waals surface area contributed by atoms with Gasteiger partial charge < -0.3 is 9.84 Å². The van der Waals surface area contributed by atoms with Crippen LogP contribution in [0.4, 0.5) is 4.39 Å². The summed E-state index contributed by atoms with van der Waals surface area (Å²) in [4.78, 5) is 10.8. The highest BCUT2D eigenvalue weighted by Crippen LogP contribution is 2.44. The summed E-state index contributed by atoms with van der Waals surface area (Å²) in [6.45, 7) is -0.313. The topological polar surface area (TPSA) is 46.5 Å². The normalized spacial score (nSPS) is 46.5. The molecule has 1 aliphatic carbocycles. The Morgan fingerprint density at radius 3 is 2.82 bits per heavy atom. The third-order valence-corrected chi connectivity index (χ3v) is 2.18. The van der Waals surface area contributed by atoms with E-state index < -0.39 is 23.7 Å². The molecule has 0 aromatic carbocycles. The molecule has 0 unspecified atom stereocenters. The Labute approximate surface area is 62.5 Å². The molecule has 1 saturated heterocycles. The maximum Gasteiger partial charge on any atom is 0.349 e. The molecule has 0 saturated carbocycles. The van der Waals surface area contributed by atoms with E-state index in [2.05, 4.69) is 4.74 Å². The highest BCUT2D eigenvalue weighted by molar-refractivity contribution is 5.87. The van der Waals surface area contributed by atoms with Crippen molar-refractivity contribution in [2.24, 2.45) is 5.92 Å². The summed E-state index contributed by atoms with van der Waals surface area (Å²) in [6, 6.07) is 0. The second-order valence-corrected chi connectivity index (χ2v) is 2.78. The van der Waals surface area contributed by atoms with Crippen LogP contribution in [0.25, 0.3) is 0 Å². The van der Waals surface area contributed by atoms with E-state index in [1.54, 1.807) is 6.08 Å². The van der Waals surface area contributed by atoms with Gasteiger partial charge in [0, 0.05) is 0 Å². The van der Waals surface area contributed by atoms with E-state index in [1.807, 2.05) is 0 Å². The highest BCUT2D eigenvalue weighted by atomic mass is 19.1. The molecule has 0 aromatic rings. The number of aliphatic hydroxyl groups is 1. The summed E-state index contributed by atoms with van der Waals surface area (Å²) in [7, 11) is 0. The van der Waals surface area contributed by atoms with Crippen molar-refractivity contribution in [2.75, 3.05) is 6.61 Å². The van der Waals surface area contributed by atoms with Gasteiger partial charge in [-0.15, -0.1) is 0 Å². The number of halogens is 1. The molecular formula is C7H7FO3. The zero-order chi connectivity index (χ0) is 8.06. The van der Waals surface area contributed by atoms with Crippen LogP contribution in [0.1, 0.15) is 0 Å². The van der Waals surface area contributed by atoms with Gasteiger partial charge in [0.05, 0.1) is 12.5 Å². The van der Waals surface area contributed by atoms with Crippen LogP contribution in [-0.4, -0.2) is 29.5 Å². The lowest BCUT2D eigenvalue weighted by molar-refractivity contribution is -0.149. The second-order valence-electron chi connectivity index (χ2n) is 2.78. The van der Waals surface area contributed by atoms with Gasteiger partial charge in [0.2, 0.25) is 5.67 Å². The molecule has 3 nitrogen and oxygen atoms in total. The fourth-order valence-electron chi connectivity index (χ4n) is 1.43. The number of ether oxygens (including phenoxy) is 1. The molecule has 2 aliphatic rings. The van der Waals surface area contributed by atoms with E-state index in [0.29, 0.717) is 0 Å². The van der Waals surface area contributed by atoms with E-state index in [1.165, 1.54) is 6.08 Å². The minimum atomic E-state index is -1.94. The van der Waals surface area contributed by atoms with Gasteiger partial charge in [-0.25, -0.2) is 9.18 Å². The molecule has 0 spiro atoms. The first-order valence-electron chi connectivity index (χ1n) is 3.38. The second kappa shape index (κ2) is 1.82. The van der Waals surface area contributed by atoms with E-state index in [9.17, 15) is 9.18 Å². The van der Waals surface area contributed by atoms with Crippen molar-refractivity contribution in [3.8, 4) is 0 Å². The first kappa shape index (κ1) is 6.79. The van der Waals surface area contributed by atoms with Crippen molar-refractivity contribution < 1.29 is 19.0 Å². The molecule has 4 heteroatoms. The number of esters is 1. The average molecular weight is 158 g/mol. The zero-order valence-corrected chi connectivity index (χ0v) is 5.66. The van der Waals surface area contributed by atoms with Gasteiger partial charge in [-0.3, -0.25) is 0 Å². The quantitative estimate of drug-likeness (QED) is 0.424. The molecular weight excluding hydrogens is 151 g/mol. The van der Waals surface area contributed by atoms with Gasteiger partial charge >= 0.3 is 5.97 Å². The van der Waals surface area contributed by atoms with Gasteiger partial charge in [-0.1, -0.05) is 6.08 Å². The first-order chi connectivity index (χ1) is 5.18. The lowest BCUT2D eigenvalue weighted by Crippen LogP contribution is -2.41. The van der Waals surface area contributed by atoms with Crippen molar-refractivity contribution >= 4 is 5.97 Å². The lowest BCUT2D eigenvalue weighted by Gasteiger charge is -2.26. The number of hydrogen-bond acceptors (Lipinski definition) is 3. The Hall–Kier alpha value is -0.900. The molecule has 0 aromatic heterocycles. The molecule has 60 valence electrons. The third kappa shape index (κ3) is 0.625. The number of carbonyl (C=O) groups excluding carboxylic acids is 1. The van der Waals surface area contributed by atoms with Gasteiger partial charge in [0.25, 0.3) is 0 Å². The summed E-state index contributed by atoms with van der Waals surface area (Å²) in [5.41, 5.74) is -1.94. The van der Waals surface area contributed by atoms with Crippen molar-refractivity contribution in [1.82, 2.24) is 0 Å². The minimum Gasteiger partial charge on any atom is -0.457 e. The Morgan fingerprint density at radius 1 is 1.82 bits per heavy atom. The smallest absolute Gasteiger partial charge is 0.349 e. The SMILES string of the molecule is O=C1O[C@H](CO)[C@@H]2C=C[C@]12F. The molecule has 3 atom stereocenters. The molecule has 1 fully saturated rings. The summed E-state index contributed by atoms with van der Waals surface area (Å²) in [5.74, 6) is -1.44. The monoisotopic (exact) mass is 158 g/mol. The molecule has 11 heavy (non-hydrogen) atoms. The number of hydrogen-bond donors (Lipinski definition) is 1. The van der Waals surface area contributed by atoms with Gasteiger partial charge in [-0.2, -0.15) is 0 Å². The van der Waals surface area contributed by atoms with Crippen LogP contribution in [0.5, 0.6) is 0 Å². The number of cyclic esters (lactones) is 1. The largest absolute Gasteiger partial charge is 0.457 e. The number of carbonyl (C=O) groups is 1. The predicted octanol–water partition coefficient (Wildman–Crippen LogP) is -0.202. The Morgan fingerprint density at radius 2 is 2.55 bits per heavy atom. The lowest BCUT2D eigenvalue weighted by atomic mass is 9.78. The van der Waals surface area contributed by atoms with Crippen molar-refractivity contribution in [1.29, 1.82) is 0 Å². The maximum atomic E-state index is 13.2. The summed E-state index contributed by atoms with van der Waals surface area (Å²) >= 11 is 0. The Kier molecular flexibility index (Phi) is 1.12. The van der Waals surface area contributed by atoms with Crippen LogP contribution in [0.2, 0.25) is 0 Å². The van der Waals surface area contributed by atoms with Gasteiger partial charge in [0.15, 0.2) is 0 Å². The number of aliphatic hydroxyl groups excluding tert-OH is 1. The highest BCUT2D eigenvalue weighted by Gasteiger charge is 2.60. The van der Waals surface area contributed by atoms with Gasteiger partial charge in [0.1, 0.15) is 6.10 Å². The summed E-state index contributed by atoms with van der Waals surface area (Å²) in [5, 5.41) is 8.64. The minimum absolute atomic E-state index is 0.313. The number of fused-ring (bicyclic) bond motifs is 1. The maximum absolute atomic E-state index is 13.2. The van der Waals surface area contributed by atoms with Gasteiger partial charge in [-0.05, 0) is 6.08 Å². The van der Waals surface area contributed by atoms with Crippen LogP contribution in [-0.2, 0) is 9.53 Å². The van der Waals surface area contributed by atoms with E-state index in [-0.39, 0.29) is 6.61 Å². The van der Waals surface area contributed by atoms with Crippen molar-refractivity contribution in [2.45, 2.75) is 11.8 Å².